The molecule has 1 aromatic heterocycles. The Hall–Kier alpha value is -2.18. The molecule has 2 heterocycles. The van der Waals surface area contributed by atoms with Crippen LogP contribution in [0.15, 0.2) is 52.5 Å². The normalized spacial score (nSPS) is 15.9. The van der Waals surface area contributed by atoms with Crippen LogP contribution in [0.25, 0.3) is 0 Å². The number of aromatic nitrogens is 1. The smallest absolute Gasteiger partial charge is 0.339 e. The Morgan fingerprint density at radius 3 is 2.30 bits per heavy atom. The molecule has 0 spiro atoms. The van der Waals surface area contributed by atoms with Crippen molar-refractivity contribution in [1.29, 1.82) is 0 Å². The minimum atomic E-state index is -4.48. The molecule has 1 fully saturated rings. The summed E-state index contributed by atoms with van der Waals surface area (Å²) in [5.74, 6) is -1.17. The monoisotopic (exact) mass is 463 g/mol. The molecule has 0 N–H and O–H groups in total. The van der Waals surface area contributed by atoms with Crippen LogP contribution in [0, 0.1) is 5.82 Å². The summed E-state index contributed by atoms with van der Waals surface area (Å²) in [4.78, 5) is 17.1. The largest absolute Gasteiger partial charge is 0.417 e. The number of amides is 1. The van der Waals surface area contributed by atoms with Crippen LogP contribution >= 0.6 is 11.8 Å². The van der Waals surface area contributed by atoms with E-state index in [2.05, 4.69) is 4.98 Å². The predicted octanol–water partition coefficient (Wildman–Crippen LogP) is 2.86. The molecule has 1 saturated heterocycles. The lowest BCUT2D eigenvalue weighted by molar-refractivity contribution is -0.138. The highest BCUT2D eigenvalue weighted by atomic mass is 32.2. The van der Waals surface area contributed by atoms with Crippen molar-refractivity contribution in [2.24, 2.45) is 0 Å². The zero-order valence-electron chi connectivity index (χ0n) is 15.5. The minimum Gasteiger partial charge on any atom is -0.339 e. The number of sulfonamides is 1. The summed E-state index contributed by atoms with van der Waals surface area (Å²) in [6, 6.07) is 7.18. The number of pyridine rings is 1. The molecule has 12 heteroatoms. The zero-order valence-corrected chi connectivity index (χ0v) is 17.1. The minimum absolute atomic E-state index is 0.0194. The summed E-state index contributed by atoms with van der Waals surface area (Å²) in [5.41, 5.74) is -0.870. The molecule has 1 amide bonds. The number of piperazine rings is 1. The van der Waals surface area contributed by atoms with Gasteiger partial charge in [-0.1, -0.05) is 23.9 Å². The molecule has 30 heavy (non-hydrogen) atoms. The second-order valence-electron chi connectivity index (χ2n) is 6.39. The number of thioether (sulfide) groups is 1. The number of carbonyl (C=O) groups excluding carboxylic acids is 1. The van der Waals surface area contributed by atoms with Crippen molar-refractivity contribution >= 4 is 27.7 Å². The SMILES string of the molecule is O=C(CSc1ccc(C(F)(F)F)cn1)N1CCN(S(=O)(=O)c2ccccc2F)CC1. The fourth-order valence-electron chi connectivity index (χ4n) is 2.83. The van der Waals surface area contributed by atoms with Crippen molar-refractivity contribution in [2.45, 2.75) is 16.1 Å². The lowest BCUT2D eigenvalue weighted by Crippen LogP contribution is -2.51. The highest BCUT2D eigenvalue weighted by Crippen LogP contribution is 2.29. The topological polar surface area (TPSA) is 70.6 Å². The zero-order chi connectivity index (χ0) is 21.9. The first kappa shape index (κ1) is 22.5. The third-order valence-corrected chi connectivity index (χ3v) is 7.31. The number of nitrogens with zero attached hydrogens (tertiary/aromatic N) is 3. The maximum Gasteiger partial charge on any atom is 0.417 e. The predicted molar refractivity (Wildman–Crippen MR) is 102 cm³/mol. The number of rotatable bonds is 5. The molecule has 0 saturated carbocycles. The third kappa shape index (κ3) is 5.10. The van der Waals surface area contributed by atoms with E-state index in [4.69, 9.17) is 0 Å². The molecular weight excluding hydrogens is 446 g/mol. The lowest BCUT2D eigenvalue weighted by Gasteiger charge is -2.34. The summed E-state index contributed by atoms with van der Waals surface area (Å²) >= 11 is 0.996. The summed E-state index contributed by atoms with van der Waals surface area (Å²) in [7, 11) is -4.00. The maximum atomic E-state index is 13.9. The molecule has 2 aromatic rings. The highest BCUT2D eigenvalue weighted by Gasteiger charge is 2.32. The van der Waals surface area contributed by atoms with Crippen molar-refractivity contribution in [1.82, 2.24) is 14.2 Å². The van der Waals surface area contributed by atoms with Crippen LogP contribution in [0.2, 0.25) is 0 Å². The summed E-state index contributed by atoms with van der Waals surface area (Å²) < 4.78 is 77.8. The molecule has 162 valence electrons. The molecular formula is C18H17F4N3O3S2. The average molecular weight is 463 g/mol. The van der Waals surface area contributed by atoms with Gasteiger partial charge in [0.05, 0.1) is 16.3 Å². The van der Waals surface area contributed by atoms with Gasteiger partial charge in [-0.25, -0.2) is 17.8 Å². The Balaban J connectivity index is 1.54. The van der Waals surface area contributed by atoms with E-state index in [0.717, 1.165) is 28.2 Å². The molecule has 0 atom stereocenters. The summed E-state index contributed by atoms with van der Waals surface area (Å²) in [6.45, 7) is 0.304. The first-order valence-electron chi connectivity index (χ1n) is 8.77. The van der Waals surface area contributed by atoms with Gasteiger partial charge >= 0.3 is 6.18 Å². The van der Waals surface area contributed by atoms with E-state index in [1.807, 2.05) is 0 Å². The lowest BCUT2D eigenvalue weighted by atomic mass is 10.3. The van der Waals surface area contributed by atoms with Gasteiger partial charge in [0.25, 0.3) is 0 Å². The van der Waals surface area contributed by atoms with Crippen LogP contribution < -0.4 is 0 Å². The van der Waals surface area contributed by atoms with Crippen molar-refractivity contribution in [3.8, 4) is 0 Å². The van der Waals surface area contributed by atoms with E-state index < -0.39 is 32.5 Å². The van der Waals surface area contributed by atoms with Crippen LogP contribution in [0.1, 0.15) is 5.56 Å². The molecule has 0 aliphatic carbocycles. The van der Waals surface area contributed by atoms with Gasteiger partial charge < -0.3 is 4.90 Å². The van der Waals surface area contributed by atoms with Crippen LogP contribution in [-0.2, 0) is 21.0 Å². The Morgan fingerprint density at radius 1 is 1.07 bits per heavy atom. The van der Waals surface area contributed by atoms with Gasteiger partial charge in [0.15, 0.2) is 0 Å². The second-order valence-corrected chi connectivity index (χ2v) is 9.29. The van der Waals surface area contributed by atoms with E-state index in [1.165, 1.54) is 29.2 Å². The van der Waals surface area contributed by atoms with E-state index in [-0.39, 0.29) is 42.9 Å². The Kier molecular flexibility index (Phi) is 6.68. The van der Waals surface area contributed by atoms with Gasteiger partial charge in [-0.05, 0) is 24.3 Å². The van der Waals surface area contributed by atoms with Crippen LogP contribution in [-0.4, -0.2) is 60.4 Å². The molecule has 0 unspecified atom stereocenters. The Labute approximate surface area is 174 Å². The number of carbonyl (C=O) groups is 1. The molecule has 1 aromatic carbocycles. The quantitative estimate of drug-likeness (QED) is 0.504. The number of halogens is 4. The van der Waals surface area contributed by atoms with E-state index in [9.17, 15) is 30.8 Å². The molecule has 1 aliphatic heterocycles. The van der Waals surface area contributed by atoms with Gasteiger partial charge in [-0.2, -0.15) is 17.5 Å². The van der Waals surface area contributed by atoms with Crippen LogP contribution in [0.3, 0.4) is 0 Å². The first-order valence-corrected chi connectivity index (χ1v) is 11.2. The summed E-state index contributed by atoms with van der Waals surface area (Å²) in [6.07, 6.45) is -3.77. The third-order valence-electron chi connectivity index (χ3n) is 4.45. The fraction of sp³-hybridized carbons (Fsp3) is 0.333. The van der Waals surface area contributed by atoms with Gasteiger partial charge in [0, 0.05) is 32.4 Å². The van der Waals surface area contributed by atoms with E-state index in [0.29, 0.717) is 6.20 Å². The van der Waals surface area contributed by atoms with Crippen molar-refractivity contribution < 1.29 is 30.8 Å². The standard InChI is InChI=1S/C18H17F4N3O3S2/c19-14-3-1-2-4-15(14)30(27,28)25-9-7-24(8-10-25)17(26)12-29-16-6-5-13(11-23-16)18(20,21)22/h1-6,11H,7-10,12H2. The number of hydrogen-bond donors (Lipinski definition) is 0. The highest BCUT2D eigenvalue weighted by molar-refractivity contribution is 7.99. The molecule has 1 aliphatic rings. The van der Waals surface area contributed by atoms with E-state index in [1.54, 1.807) is 0 Å². The van der Waals surface area contributed by atoms with Crippen molar-refractivity contribution in [3.63, 3.8) is 0 Å². The van der Waals surface area contributed by atoms with Crippen molar-refractivity contribution in [2.75, 3.05) is 31.9 Å². The van der Waals surface area contributed by atoms with Crippen LogP contribution in [0.4, 0.5) is 17.6 Å². The van der Waals surface area contributed by atoms with E-state index >= 15 is 0 Å². The van der Waals surface area contributed by atoms with Gasteiger partial charge in [0.1, 0.15) is 10.7 Å². The van der Waals surface area contributed by atoms with Gasteiger partial charge in [-0.15, -0.1) is 0 Å². The number of hydrogen-bond acceptors (Lipinski definition) is 5. The Morgan fingerprint density at radius 2 is 1.73 bits per heavy atom. The van der Waals surface area contributed by atoms with Gasteiger partial charge in [-0.3, -0.25) is 4.79 Å². The molecule has 0 radical (unpaired) electrons. The second kappa shape index (κ2) is 8.90. The van der Waals surface area contributed by atoms with Crippen molar-refractivity contribution in [3.05, 3.63) is 54.0 Å². The Bertz CT molecular complexity index is 1010. The van der Waals surface area contributed by atoms with Crippen LogP contribution in [0.5, 0.6) is 0 Å². The molecule has 6 nitrogen and oxygen atoms in total. The molecule has 0 bridgehead atoms. The first-order chi connectivity index (χ1) is 14.1. The maximum absolute atomic E-state index is 13.9. The number of benzene rings is 1. The fourth-order valence-corrected chi connectivity index (χ4v) is 5.06. The number of alkyl halides is 3. The molecule has 3 rings (SSSR count). The van der Waals surface area contributed by atoms with Gasteiger partial charge in [0.2, 0.25) is 15.9 Å². The summed E-state index contributed by atoms with van der Waals surface area (Å²) in [5, 5.41) is 0.275. The average Bonchev–Trinajstić information content (AvgIpc) is 2.72.